The van der Waals surface area contributed by atoms with Crippen molar-refractivity contribution in [3.05, 3.63) is 35.9 Å². The van der Waals surface area contributed by atoms with Crippen LogP contribution in [0.4, 0.5) is 0 Å². The zero-order valence-corrected chi connectivity index (χ0v) is 12.0. The van der Waals surface area contributed by atoms with Crippen LogP contribution < -0.4 is 4.74 Å². The van der Waals surface area contributed by atoms with Gasteiger partial charge < -0.3 is 14.7 Å². The molecule has 0 atom stereocenters. The Bertz CT molecular complexity index is 485. The van der Waals surface area contributed by atoms with Crippen LogP contribution in [0, 0.1) is 0 Å². The van der Waals surface area contributed by atoms with Crippen molar-refractivity contribution in [3.8, 4) is 5.75 Å². The molecule has 1 heterocycles. The summed E-state index contributed by atoms with van der Waals surface area (Å²) in [6.45, 7) is 3.19. The molecule has 1 aromatic rings. The summed E-state index contributed by atoms with van der Waals surface area (Å²) in [5.74, 6) is 0.822. The lowest BCUT2D eigenvalue weighted by Gasteiger charge is -2.28. The lowest BCUT2D eigenvalue weighted by Crippen LogP contribution is -2.39. The SMILES string of the molecule is COc1ccc(C(C)=CC(=O)N2CCC(O)CC2)cc1. The molecular weight excluding hydrogens is 254 g/mol. The summed E-state index contributed by atoms with van der Waals surface area (Å²) in [6, 6.07) is 7.65. The molecule has 4 heteroatoms. The number of likely N-dealkylation sites (tertiary alicyclic amines) is 1. The van der Waals surface area contributed by atoms with Crippen molar-refractivity contribution in [2.24, 2.45) is 0 Å². The number of ether oxygens (including phenoxy) is 1. The van der Waals surface area contributed by atoms with E-state index in [1.165, 1.54) is 0 Å². The van der Waals surface area contributed by atoms with E-state index in [0.29, 0.717) is 25.9 Å². The van der Waals surface area contributed by atoms with Gasteiger partial charge in [0.05, 0.1) is 13.2 Å². The number of hydrogen-bond acceptors (Lipinski definition) is 3. The minimum Gasteiger partial charge on any atom is -0.497 e. The fourth-order valence-electron chi connectivity index (χ4n) is 2.30. The number of aliphatic hydroxyl groups excluding tert-OH is 1. The zero-order chi connectivity index (χ0) is 14.5. The number of aliphatic hydroxyl groups is 1. The molecule has 0 bridgehead atoms. The Hall–Kier alpha value is -1.81. The predicted molar refractivity (Wildman–Crippen MR) is 78.5 cm³/mol. The third-order valence-corrected chi connectivity index (χ3v) is 3.66. The van der Waals surface area contributed by atoms with Gasteiger partial charge in [-0.3, -0.25) is 4.79 Å². The number of allylic oxidation sites excluding steroid dienone is 1. The average Bonchev–Trinajstić information content (AvgIpc) is 2.48. The number of carbonyl (C=O) groups excluding carboxylic acids is 1. The van der Waals surface area contributed by atoms with Crippen LogP contribution >= 0.6 is 0 Å². The Morgan fingerprint density at radius 2 is 1.90 bits per heavy atom. The van der Waals surface area contributed by atoms with Crippen LogP contribution in [0.15, 0.2) is 30.3 Å². The lowest BCUT2D eigenvalue weighted by atomic mass is 10.1. The van der Waals surface area contributed by atoms with Gasteiger partial charge in [0.2, 0.25) is 5.91 Å². The van der Waals surface area contributed by atoms with E-state index in [1.54, 1.807) is 18.1 Å². The second-order valence-electron chi connectivity index (χ2n) is 5.11. The van der Waals surface area contributed by atoms with Crippen molar-refractivity contribution in [1.29, 1.82) is 0 Å². The van der Waals surface area contributed by atoms with Crippen molar-refractivity contribution < 1.29 is 14.6 Å². The van der Waals surface area contributed by atoms with Gasteiger partial charge >= 0.3 is 0 Å². The van der Waals surface area contributed by atoms with Gasteiger partial charge in [-0.15, -0.1) is 0 Å². The van der Waals surface area contributed by atoms with Crippen LogP contribution in [0.25, 0.3) is 5.57 Å². The van der Waals surface area contributed by atoms with Gasteiger partial charge in [0.25, 0.3) is 0 Å². The number of amides is 1. The summed E-state index contributed by atoms with van der Waals surface area (Å²) in [5.41, 5.74) is 1.94. The fraction of sp³-hybridized carbons (Fsp3) is 0.438. The second-order valence-corrected chi connectivity index (χ2v) is 5.11. The smallest absolute Gasteiger partial charge is 0.246 e. The van der Waals surface area contributed by atoms with E-state index in [0.717, 1.165) is 16.9 Å². The minimum atomic E-state index is -0.259. The van der Waals surface area contributed by atoms with Gasteiger partial charge in [-0.05, 0) is 43.0 Å². The molecule has 4 nitrogen and oxygen atoms in total. The highest BCUT2D eigenvalue weighted by atomic mass is 16.5. The molecule has 2 rings (SSSR count). The first-order chi connectivity index (χ1) is 9.60. The summed E-state index contributed by atoms with van der Waals surface area (Å²) in [5, 5.41) is 9.45. The maximum atomic E-state index is 12.2. The standard InChI is InChI=1S/C16H21NO3/c1-12(13-3-5-15(20-2)6-4-13)11-16(19)17-9-7-14(18)8-10-17/h3-6,11,14,18H,7-10H2,1-2H3. The summed E-state index contributed by atoms with van der Waals surface area (Å²) in [6.07, 6.45) is 2.74. The Kier molecular flexibility index (Phi) is 4.79. The largest absolute Gasteiger partial charge is 0.497 e. The Labute approximate surface area is 119 Å². The molecule has 0 radical (unpaired) electrons. The quantitative estimate of drug-likeness (QED) is 0.859. The van der Waals surface area contributed by atoms with Crippen LogP contribution in [0.3, 0.4) is 0 Å². The molecule has 1 aliphatic heterocycles. The molecule has 1 amide bonds. The molecular formula is C16H21NO3. The van der Waals surface area contributed by atoms with E-state index in [-0.39, 0.29) is 12.0 Å². The first-order valence-electron chi connectivity index (χ1n) is 6.90. The topological polar surface area (TPSA) is 49.8 Å². The molecule has 20 heavy (non-hydrogen) atoms. The van der Waals surface area contributed by atoms with E-state index in [4.69, 9.17) is 4.74 Å². The van der Waals surface area contributed by atoms with Crippen molar-refractivity contribution in [1.82, 2.24) is 4.90 Å². The van der Waals surface area contributed by atoms with Crippen molar-refractivity contribution in [2.45, 2.75) is 25.9 Å². The van der Waals surface area contributed by atoms with Crippen molar-refractivity contribution >= 4 is 11.5 Å². The lowest BCUT2D eigenvalue weighted by molar-refractivity contribution is -0.127. The molecule has 0 saturated carbocycles. The van der Waals surface area contributed by atoms with E-state index in [1.807, 2.05) is 31.2 Å². The van der Waals surface area contributed by atoms with E-state index >= 15 is 0 Å². The maximum absolute atomic E-state index is 12.2. The number of nitrogens with zero attached hydrogens (tertiary/aromatic N) is 1. The second kappa shape index (κ2) is 6.57. The minimum absolute atomic E-state index is 0.0187. The predicted octanol–water partition coefficient (Wildman–Crippen LogP) is 2.08. The molecule has 0 aromatic heterocycles. The van der Waals surface area contributed by atoms with Gasteiger partial charge in [-0.2, -0.15) is 0 Å². The van der Waals surface area contributed by atoms with Crippen LogP contribution in [-0.4, -0.2) is 42.2 Å². The molecule has 1 aliphatic rings. The highest BCUT2D eigenvalue weighted by Gasteiger charge is 2.19. The van der Waals surface area contributed by atoms with Gasteiger partial charge in [-0.25, -0.2) is 0 Å². The summed E-state index contributed by atoms with van der Waals surface area (Å²) < 4.78 is 5.12. The Morgan fingerprint density at radius 3 is 2.45 bits per heavy atom. The molecule has 0 spiro atoms. The van der Waals surface area contributed by atoms with Crippen LogP contribution in [0.5, 0.6) is 5.75 Å². The fourth-order valence-corrected chi connectivity index (χ4v) is 2.30. The Morgan fingerprint density at radius 1 is 1.30 bits per heavy atom. The highest BCUT2D eigenvalue weighted by Crippen LogP contribution is 2.19. The molecule has 1 N–H and O–H groups in total. The van der Waals surface area contributed by atoms with Gasteiger partial charge in [-0.1, -0.05) is 12.1 Å². The van der Waals surface area contributed by atoms with Crippen molar-refractivity contribution in [3.63, 3.8) is 0 Å². The van der Waals surface area contributed by atoms with Crippen LogP contribution in [-0.2, 0) is 4.79 Å². The molecule has 1 aromatic carbocycles. The first kappa shape index (κ1) is 14.6. The number of rotatable bonds is 3. The van der Waals surface area contributed by atoms with Gasteiger partial charge in [0.1, 0.15) is 5.75 Å². The number of carbonyl (C=O) groups is 1. The molecule has 0 aliphatic carbocycles. The number of methoxy groups -OCH3 is 1. The Balaban J connectivity index is 2.03. The third-order valence-electron chi connectivity index (χ3n) is 3.66. The maximum Gasteiger partial charge on any atom is 0.246 e. The van der Waals surface area contributed by atoms with E-state index in [2.05, 4.69) is 0 Å². The summed E-state index contributed by atoms with van der Waals surface area (Å²) in [7, 11) is 1.63. The van der Waals surface area contributed by atoms with E-state index in [9.17, 15) is 9.90 Å². The zero-order valence-electron chi connectivity index (χ0n) is 12.0. The normalized spacial score (nSPS) is 17.1. The molecule has 0 unspecified atom stereocenters. The highest BCUT2D eigenvalue weighted by molar-refractivity contribution is 5.94. The first-order valence-corrected chi connectivity index (χ1v) is 6.90. The monoisotopic (exact) mass is 275 g/mol. The average molecular weight is 275 g/mol. The van der Waals surface area contributed by atoms with Crippen LogP contribution in [0.2, 0.25) is 0 Å². The summed E-state index contributed by atoms with van der Waals surface area (Å²) in [4.78, 5) is 13.9. The number of hydrogen-bond donors (Lipinski definition) is 1. The van der Waals surface area contributed by atoms with E-state index < -0.39 is 0 Å². The van der Waals surface area contributed by atoms with Crippen LogP contribution in [0.1, 0.15) is 25.3 Å². The summed E-state index contributed by atoms with van der Waals surface area (Å²) >= 11 is 0. The third kappa shape index (κ3) is 3.61. The molecule has 108 valence electrons. The number of benzene rings is 1. The van der Waals surface area contributed by atoms with Gasteiger partial charge in [0, 0.05) is 19.2 Å². The molecule has 1 fully saturated rings. The van der Waals surface area contributed by atoms with Gasteiger partial charge in [0.15, 0.2) is 0 Å². The number of piperidine rings is 1. The molecule has 1 saturated heterocycles. The van der Waals surface area contributed by atoms with Crippen molar-refractivity contribution in [2.75, 3.05) is 20.2 Å².